The maximum Gasteiger partial charge on any atom is 0.336 e. The highest BCUT2D eigenvalue weighted by atomic mass is 16.5. The van der Waals surface area contributed by atoms with Gasteiger partial charge in [0.25, 0.3) is 0 Å². The fourth-order valence-electron chi connectivity index (χ4n) is 2.12. The number of likely N-dealkylation sites (tertiary alicyclic amines) is 1. The molecule has 0 saturated carbocycles. The van der Waals surface area contributed by atoms with Crippen molar-refractivity contribution in [3.05, 3.63) is 0 Å². The summed E-state index contributed by atoms with van der Waals surface area (Å²) >= 11 is 0. The lowest BCUT2D eigenvalue weighted by Gasteiger charge is -2.40. The van der Waals surface area contributed by atoms with Crippen LogP contribution in [0.3, 0.4) is 0 Å². The molecule has 1 rings (SSSR count). The molecule has 0 aliphatic carbocycles. The molecule has 1 aliphatic rings. The molecule has 0 spiro atoms. The van der Waals surface area contributed by atoms with Gasteiger partial charge in [-0.3, -0.25) is 0 Å². The SMILES string of the molecule is CCCOC1(C(=O)O)CCN(C(C)C)CC1. The van der Waals surface area contributed by atoms with Gasteiger partial charge >= 0.3 is 5.97 Å². The van der Waals surface area contributed by atoms with E-state index < -0.39 is 11.6 Å². The molecule has 1 fully saturated rings. The quantitative estimate of drug-likeness (QED) is 0.780. The van der Waals surface area contributed by atoms with E-state index in [9.17, 15) is 9.90 Å². The number of nitrogens with zero attached hydrogens (tertiary/aromatic N) is 1. The number of carbonyl (C=O) groups is 1. The van der Waals surface area contributed by atoms with Gasteiger partial charge in [0.05, 0.1) is 0 Å². The molecule has 1 saturated heterocycles. The number of rotatable bonds is 5. The average molecular weight is 229 g/mol. The molecule has 0 aromatic rings. The number of hydrogen-bond acceptors (Lipinski definition) is 3. The molecule has 0 atom stereocenters. The number of carboxylic acid groups (broad SMARTS) is 1. The lowest BCUT2D eigenvalue weighted by molar-refractivity contribution is -0.173. The van der Waals surface area contributed by atoms with Crippen LogP contribution < -0.4 is 0 Å². The monoisotopic (exact) mass is 229 g/mol. The number of hydrogen-bond donors (Lipinski definition) is 1. The molecular weight excluding hydrogens is 206 g/mol. The molecule has 0 bridgehead atoms. The van der Waals surface area contributed by atoms with E-state index in [1.807, 2.05) is 6.92 Å². The summed E-state index contributed by atoms with van der Waals surface area (Å²) in [6, 6.07) is 0.484. The zero-order chi connectivity index (χ0) is 12.2. The summed E-state index contributed by atoms with van der Waals surface area (Å²) < 4.78 is 5.58. The van der Waals surface area contributed by atoms with Gasteiger partial charge in [-0.2, -0.15) is 0 Å². The molecular formula is C12H23NO3. The van der Waals surface area contributed by atoms with Crippen LogP contribution in [-0.4, -0.2) is 47.3 Å². The van der Waals surface area contributed by atoms with Crippen LogP contribution in [0.4, 0.5) is 0 Å². The molecule has 94 valence electrons. The van der Waals surface area contributed by atoms with Crippen LogP contribution in [0, 0.1) is 0 Å². The Morgan fingerprint density at radius 3 is 2.38 bits per heavy atom. The number of aliphatic carboxylic acids is 1. The first-order chi connectivity index (χ1) is 7.52. The fraction of sp³-hybridized carbons (Fsp3) is 0.917. The van der Waals surface area contributed by atoms with Crippen LogP contribution >= 0.6 is 0 Å². The van der Waals surface area contributed by atoms with Crippen LogP contribution in [-0.2, 0) is 9.53 Å². The van der Waals surface area contributed by atoms with Gasteiger partial charge in [-0.1, -0.05) is 6.92 Å². The average Bonchev–Trinajstić information content (AvgIpc) is 2.26. The highest BCUT2D eigenvalue weighted by Gasteiger charge is 2.42. The maximum absolute atomic E-state index is 11.3. The Hall–Kier alpha value is -0.610. The Bertz CT molecular complexity index is 232. The Morgan fingerprint density at radius 1 is 1.44 bits per heavy atom. The van der Waals surface area contributed by atoms with E-state index in [0.717, 1.165) is 19.5 Å². The Morgan fingerprint density at radius 2 is 2.00 bits per heavy atom. The molecule has 16 heavy (non-hydrogen) atoms. The summed E-state index contributed by atoms with van der Waals surface area (Å²) in [5, 5.41) is 9.30. The van der Waals surface area contributed by atoms with Crippen LogP contribution in [0.2, 0.25) is 0 Å². The summed E-state index contributed by atoms with van der Waals surface area (Å²) in [6.45, 7) is 8.44. The first-order valence-corrected chi connectivity index (χ1v) is 6.13. The zero-order valence-corrected chi connectivity index (χ0v) is 10.5. The minimum atomic E-state index is -0.929. The Balaban J connectivity index is 2.59. The second kappa shape index (κ2) is 5.64. The maximum atomic E-state index is 11.3. The predicted molar refractivity (Wildman–Crippen MR) is 62.6 cm³/mol. The standard InChI is InChI=1S/C12H23NO3/c1-4-9-16-12(11(14)15)5-7-13(8-6-12)10(2)3/h10H,4-9H2,1-3H3,(H,14,15). The van der Waals surface area contributed by atoms with Crippen molar-refractivity contribution in [1.29, 1.82) is 0 Å². The lowest BCUT2D eigenvalue weighted by Crippen LogP contribution is -2.52. The third-order valence-electron chi connectivity index (χ3n) is 3.31. The highest BCUT2D eigenvalue weighted by Crippen LogP contribution is 2.28. The second-order valence-electron chi connectivity index (χ2n) is 4.78. The third kappa shape index (κ3) is 2.95. The molecule has 0 aromatic carbocycles. The van der Waals surface area contributed by atoms with Crippen molar-refractivity contribution < 1.29 is 14.6 Å². The Labute approximate surface area is 97.6 Å². The van der Waals surface area contributed by atoms with Crippen LogP contribution in [0.1, 0.15) is 40.0 Å². The first-order valence-electron chi connectivity index (χ1n) is 6.13. The lowest BCUT2D eigenvalue weighted by atomic mass is 9.90. The number of carboxylic acids is 1. The summed E-state index contributed by atoms with van der Waals surface area (Å²) in [6.07, 6.45) is 2.06. The Kier molecular flexibility index (Phi) is 4.74. The van der Waals surface area contributed by atoms with E-state index in [4.69, 9.17) is 4.74 Å². The summed E-state index contributed by atoms with van der Waals surface area (Å²) in [7, 11) is 0. The van der Waals surface area contributed by atoms with Crippen molar-refractivity contribution in [2.45, 2.75) is 51.7 Å². The molecule has 0 aromatic heterocycles. The van der Waals surface area contributed by atoms with Gasteiger partial charge in [-0.05, 0) is 33.1 Å². The molecule has 0 radical (unpaired) electrons. The molecule has 1 N–H and O–H groups in total. The van der Waals surface area contributed by atoms with E-state index in [0.29, 0.717) is 25.5 Å². The molecule has 4 nitrogen and oxygen atoms in total. The van der Waals surface area contributed by atoms with Crippen molar-refractivity contribution in [3.63, 3.8) is 0 Å². The first kappa shape index (κ1) is 13.5. The second-order valence-corrected chi connectivity index (χ2v) is 4.78. The molecule has 1 aliphatic heterocycles. The van der Waals surface area contributed by atoms with E-state index in [1.54, 1.807) is 0 Å². The van der Waals surface area contributed by atoms with Gasteiger partial charge < -0.3 is 14.7 Å². The predicted octanol–water partition coefficient (Wildman–Crippen LogP) is 1.74. The summed E-state index contributed by atoms with van der Waals surface area (Å²) in [5.41, 5.74) is -0.929. The van der Waals surface area contributed by atoms with E-state index in [2.05, 4.69) is 18.7 Å². The van der Waals surface area contributed by atoms with Crippen molar-refractivity contribution in [3.8, 4) is 0 Å². The van der Waals surface area contributed by atoms with E-state index in [1.165, 1.54) is 0 Å². The minimum Gasteiger partial charge on any atom is -0.479 e. The molecule has 4 heteroatoms. The van der Waals surface area contributed by atoms with E-state index >= 15 is 0 Å². The largest absolute Gasteiger partial charge is 0.479 e. The van der Waals surface area contributed by atoms with Gasteiger partial charge in [0, 0.05) is 25.7 Å². The van der Waals surface area contributed by atoms with Crippen molar-refractivity contribution in [1.82, 2.24) is 4.90 Å². The van der Waals surface area contributed by atoms with Crippen molar-refractivity contribution in [2.24, 2.45) is 0 Å². The van der Waals surface area contributed by atoms with Gasteiger partial charge in [-0.25, -0.2) is 4.79 Å². The topological polar surface area (TPSA) is 49.8 Å². The molecule has 0 amide bonds. The highest BCUT2D eigenvalue weighted by molar-refractivity contribution is 5.77. The van der Waals surface area contributed by atoms with Gasteiger partial charge in [0.2, 0.25) is 0 Å². The smallest absolute Gasteiger partial charge is 0.336 e. The zero-order valence-electron chi connectivity index (χ0n) is 10.5. The molecule has 0 unspecified atom stereocenters. The van der Waals surface area contributed by atoms with Gasteiger partial charge in [-0.15, -0.1) is 0 Å². The van der Waals surface area contributed by atoms with E-state index in [-0.39, 0.29) is 0 Å². The van der Waals surface area contributed by atoms with Crippen LogP contribution in [0.5, 0.6) is 0 Å². The fourth-order valence-corrected chi connectivity index (χ4v) is 2.12. The van der Waals surface area contributed by atoms with Crippen molar-refractivity contribution in [2.75, 3.05) is 19.7 Å². The third-order valence-corrected chi connectivity index (χ3v) is 3.31. The van der Waals surface area contributed by atoms with Crippen LogP contribution in [0.15, 0.2) is 0 Å². The number of piperidine rings is 1. The number of ether oxygens (including phenoxy) is 1. The normalized spacial score (nSPS) is 21.2. The van der Waals surface area contributed by atoms with Crippen molar-refractivity contribution >= 4 is 5.97 Å². The molecule has 1 heterocycles. The van der Waals surface area contributed by atoms with Crippen LogP contribution in [0.25, 0.3) is 0 Å². The van der Waals surface area contributed by atoms with Gasteiger partial charge in [0.15, 0.2) is 5.60 Å². The summed E-state index contributed by atoms with van der Waals surface area (Å²) in [5.74, 6) is -0.802. The summed E-state index contributed by atoms with van der Waals surface area (Å²) in [4.78, 5) is 13.6. The van der Waals surface area contributed by atoms with Gasteiger partial charge in [0.1, 0.15) is 0 Å². The minimum absolute atomic E-state index is 0.484.